The molecule has 3 heterocycles. The van der Waals surface area contributed by atoms with Gasteiger partial charge < -0.3 is 4.98 Å². The minimum atomic E-state index is 0.300. The molecule has 0 fully saturated rings. The van der Waals surface area contributed by atoms with E-state index in [0.717, 1.165) is 27.5 Å². The Hall–Kier alpha value is -3.94. The maximum Gasteiger partial charge on any atom is 0.265 e. The topological polar surface area (TPSA) is 105 Å². The van der Waals surface area contributed by atoms with Crippen LogP contribution < -0.4 is 5.43 Å². The standard InChI is InChI=1S/C18H12N8/c1-2-6-13-12(5-1)16-17(22-13)23-18(26-24-16)25-20-10-11-9-19-14-7-3-4-8-15(14)21-11/h1-10H,(H2,22,23,25,26). The zero-order valence-electron chi connectivity index (χ0n) is 13.5. The molecule has 0 saturated heterocycles. The average Bonchev–Trinajstić information content (AvgIpc) is 3.06. The Labute approximate surface area is 147 Å². The average molecular weight is 340 g/mol. The Balaban J connectivity index is 1.41. The number of para-hydroxylation sites is 3. The number of hydrogen-bond donors (Lipinski definition) is 2. The summed E-state index contributed by atoms with van der Waals surface area (Å²) in [5, 5.41) is 13.4. The van der Waals surface area contributed by atoms with Gasteiger partial charge in [-0.15, -0.1) is 10.2 Å². The van der Waals surface area contributed by atoms with Crippen molar-refractivity contribution in [2.45, 2.75) is 0 Å². The molecule has 0 amide bonds. The molecule has 0 spiro atoms. The van der Waals surface area contributed by atoms with Gasteiger partial charge in [-0.2, -0.15) is 10.1 Å². The van der Waals surface area contributed by atoms with Gasteiger partial charge in [0.2, 0.25) is 0 Å². The van der Waals surface area contributed by atoms with Crippen LogP contribution in [0.3, 0.4) is 0 Å². The fraction of sp³-hybridized carbons (Fsp3) is 0. The molecule has 124 valence electrons. The smallest absolute Gasteiger partial charge is 0.265 e. The zero-order valence-corrected chi connectivity index (χ0v) is 13.5. The van der Waals surface area contributed by atoms with Crippen molar-refractivity contribution in [1.29, 1.82) is 0 Å². The molecule has 3 aromatic heterocycles. The Morgan fingerprint density at radius 3 is 2.73 bits per heavy atom. The van der Waals surface area contributed by atoms with Crippen molar-refractivity contribution < 1.29 is 0 Å². The van der Waals surface area contributed by atoms with E-state index >= 15 is 0 Å². The lowest BCUT2D eigenvalue weighted by atomic mass is 10.2. The highest BCUT2D eigenvalue weighted by Gasteiger charge is 2.07. The lowest BCUT2D eigenvalue weighted by Crippen LogP contribution is -2.00. The van der Waals surface area contributed by atoms with Crippen LogP contribution in [0.1, 0.15) is 5.69 Å². The molecular weight excluding hydrogens is 328 g/mol. The van der Waals surface area contributed by atoms with Gasteiger partial charge in [0.05, 0.1) is 23.4 Å². The summed E-state index contributed by atoms with van der Waals surface area (Å²) in [7, 11) is 0. The second-order valence-electron chi connectivity index (χ2n) is 5.66. The van der Waals surface area contributed by atoms with Gasteiger partial charge in [-0.1, -0.05) is 30.3 Å². The fourth-order valence-electron chi connectivity index (χ4n) is 2.76. The second-order valence-corrected chi connectivity index (χ2v) is 5.66. The fourth-order valence-corrected chi connectivity index (χ4v) is 2.76. The highest BCUT2D eigenvalue weighted by Crippen LogP contribution is 2.21. The SMILES string of the molecule is C(=NNc1nnc2c(n1)[nH]c1ccccc12)c1cnc2ccccc2n1. The van der Waals surface area contributed by atoms with Crippen LogP contribution >= 0.6 is 0 Å². The van der Waals surface area contributed by atoms with E-state index in [1.54, 1.807) is 12.4 Å². The first kappa shape index (κ1) is 14.4. The molecule has 0 aliphatic carbocycles. The summed E-state index contributed by atoms with van der Waals surface area (Å²) in [6, 6.07) is 15.5. The molecule has 0 unspecified atom stereocenters. The molecule has 0 saturated carbocycles. The van der Waals surface area contributed by atoms with E-state index in [2.05, 4.69) is 40.7 Å². The minimum Gasteiger partial charge on any atom is -0.338 e. The van der Waals surface area contributed by atoms with Gasteiger partial charge in [0, 0.05) is 10.9 Å². The number of hydrazone groups is 1. The molecule has 5 rings (SSSR count). The van der Waals surface area contributed by atoms with Crippen molar-refractivity contribution in [3.63, 3.8) is 0 Å². The summed E-state index contributed by atoms with van der Waals surface area (Å²) in [5.41, 5.74) is 7.42. The zero-order chi connectivity index (χ0) is 17.3. The Kier molecular flexibility index (Phi) is 3.24. The third-order valence-corrected chi connectivity index (χ3v) is 3.95. The van der Waals surface area contributed by atoms with Crippen molar-refractivity contribution >= 4 is 45.3 Å². The van der Waals surface area contributed by atoms with Crippen molar-refractivity contribution in [2.24, 2.45) is 5.10 Å². The van der Waals surface area contributed by atoms with E-state index in [9.17, 15) is 0 Å². The Bertz CT molecular complexity index is 1270. The maximum absolute atomic E-state index is 4.47. The van der Waals surface area contributed by atoms with Gasteiger partial charge in [0.25, 0.3) is 5.95 Å². The molecule has 8 heteroatoms. The van der Waals surface area contributed by atoms with Crippen LogP contribution in [-0.2, 0) is 0 Å². The third-order valence-electron chi connectivity index (χ3n) is 3.95. The quantitative estimate of drug-likeness (QED) is 0.386. The molecule has 0 atom stereocenters. The molecule has 26 heavy (non-hydrogen) atoms. The van der Waals surface area contributed by atoms with Gasteiger partial charge in [-0.25, -0.2) is 10.4 Å². The Morgan fingerprint density at radius 1 is 0.923 bits per heavy atom. The summed E-state index contributed by atoms with van der Waals surface area (Å²) in [6.07, 6.45) is 3.23. The van der Waals surface area contributed by atoms with Crippen LogP contribution in [0.4, 0.5) is 5.95 Å². The van der Waals surface area contributed by atoms with Crippen molar-refractivity contribution in [2.75, 3.05) is 5.43 Å². The molecule has 2 aromatic carbocycles. The van der Waals surface area contributed by atoms with Gasteiger partial charge in [-0.05, 0) is 18.2 Å². The van der Waals surface area contributed by atoms with E-state index in [4.69, 9.17) is 0 Å². The van der Waals surface area contributed by atoms with E-state index in [1.165, 1.54) is 0 Å². The predicted molar refractivity (Wildman–Crippen MR) is 99.9 cm³/mol. The first-order chi connectivity index (χ1) is 12.9. The van der Waals surface area contributed by atoms with Crippen LogP contribution in [0.2, 0.25) is 0 Å². The number of H-pyrrole nitrogens is 1. The molecule has 8 nitrogen and oxygen atoms in total. The van der Waals surface area contributed by atoms with Crippen molar-refractivity contribution in [1.82, 2.24) is 30.1 Å². The highest BCUT2D eigenvalue weighted by atomic mass is 15.4. The summed E-state index contributed by atoms with van der Waals surface area (Å²) in [6.45, 7) is 0. The van der Waals surface area contributed by atoms with E-state index in [0.29, 0.717) is 17.3 Å². The largest absolute Gasteiger partial charge is 0.338 e. The molecule has 0 radical (unpaired) electrons. The van der Waals surface area contributed by atoms with Crippen LogP contribution in [0, 0.1) is 0 Å². The van der Waals surface area contributed by atoms with Crippen molar-refractivity contribution in [3.8, 4) is 0 Å². The monoisotopic (exact) mass is 340 g/mol. The molecule has 0 aliphatic rings. The molecular formula is C18H12N8. The normalized spacial score (nSPS) is 11.7. The second kappa shape index (κ2) is 5.85. The number of benzene rings is 2. The first-order valence-electron chi connectivity index (χ1n) is 7.99. The van der Waals surface area contributed by atoms with Crippen molar-refractivity contribution in [3.05, 3.63) is 60.4 Å². The maximum atomic E-state index is 4.47. The highest BCUT2D eigenvalue weighted by molar-refractivity contribution is 6.03. The summed E-state index contributed by atoms with van der Waals surface area (Å²) >= 11 is 0. The number of aromatic nitrogens is 6. The number of nitrogens with one attached hydrogen (secondary N) is 2. The first-order valence-corrected chi connectivity index (χ1v) is 7.99. The number of aromatic amines is 1. The van der Waals surface area contributed by atoms with Gasteiger partial charge in [0.15, 0.2) is 5.65 Å². The Morgan fingerprint density at radius 2 is 1.77 bits per heavy atom. The third kappa shape index (κ3) is 2.49. The summed E-state index contributed by atoms with van der Waals surface area (Å²) in [4.78, 5) is 16.4. The summed E-state index contributed by atoms with van der Waals surface area (Å²) in [5.74, 6) is 0.300. The number of rotatable bonds is 3. The predicted octanol–water partition coefficient (Wildman–Crippen LogP) is 2.90. The lowest BCUT2D eigenvalue weighted by Gasteiger charge is -1.98. The van der Waals surface area contributed by atoms with E-state index < -0.39 is 0 Å². The van der Waals surface area contributed by atoms with Gasteiger partial charge in [0.1, 0.15) is 11.2 Å². The number of hydrogen-bond acceptors (Lipinski definition) is 7. The van der Waals surface area contributed by atoms with Crippen LogP contribution in [0.15, 0.2) is 59.8 Å². The van der Waals surface area contributed by atoms with E-state index in [-0.39, 0.29) is 0 Å². The van der Waals surface area contributed by atoms with Crippen LogP contribution in [0.5, 0.6) is 0 Å². The molecule has 5 aromatic rings. The van der Waals surface area contributed by atoms with E-state index in [1.807, 2.05) is 48.5 Å². The minimum absolute atomic E-state index is 0.300. The molecule has 0 bridgehead atoms. The number of nitrogens with zero attached hydrogens (tertiary/aromatic N) is 6. The van der Waals surface area contributed by atoms with Crippen LogP contribution in [0.25, 0.3) is 33.1 Å². The molecule has 2 N–H and O–H groups in total. The van der Waals surface area contributed by atoms with Gasteiger partial charge in [-0.3, -0.25) is 4.98 Å². The van der Waals surface area contributed by atoms with Gasteiger partial charge >= 0.3 is 0 Å². The number of fused-ring (bicyclic) bond motifs is 4. The number of anilines is 1. The lowest BCUT2D eigenvalue weighted by molar-refractivity contribution is 1.01. The van der Waals surface area contributed by atoms with Crippen LogP contribution in [-0.4, -0.2) is 36.3 Å². The summed E-state index contributed by atoms with van der Waals surface area (Å²) < 4.78 is 0. The molecule has 0 aliphatic heterocycles.